The summed E-state index contributed by atoms with van der Waals surface area (Å²) < 4.78 is 46.0. The largest absolute Gasteiger partial charge is 0.381 e. The minimum absolute atomic E-state index is 0.0686. The summed E-state index contributed by atoms with van der Waals surface area (Å²) in [4.78, 5) is -0.0686. The molecule has 1 aliphatic heterocycles. The average Bonchev–Trinajstić information content (AvgIpc) is 2.32. The Morgan fingerprint density at radius 3 is 2.58 bits per heavy atom. The van der Waals surface area contributed by atoms with Crippen LogP contribution in [0, 0.1) is 5.82 Å². The molecule has 106 valence electrons. The van der Waals surface area contributed by atoms with Gasteiger partial charge in [-0.05, 0) is 53.9 Å². The maximum absolute atomic E-state index is 13.4. The zero-order valence-corrected chi connectivity index (χ0v) is 12.9. The lowest BCUT2D eigenvalue weighted by Crippen LogP contribution is -2.49. The van der Waals surface area contributed by atoms with Gasteiger partial charge in [-0.3, -0.25) is 0 Å². The highest BCUT2D eigenvalue weighted by Gasteiger charge is 2.32. The van der Waals surface area contributed by atoms with Gasteiger partial charge in [0, 0.05) is 18.8 Å². The van der Waals surface area contributed by atoms with E-state index in [-0.39, 0.29) is 9.37 Å². The fraction of sp³-hybridized carbons (Fsp3) is 0.500. The van der Waals surface area contributed by atoms with Crippen molar-refractivity contribution >= 4 is 26.0 Å². The topological polar surface area (TPSA) is 55.4 Å². The lowest BCUT2D eigenvalue weighted by atomic mass is 9.94. The highest BCUT2D eigenvalue weighted by atomic mass is 79.9. The fourth-order valence-corrected chi connectivity index (χ4v) is 3.67. The number of benzene rings is 1. The van der Waals surface area contributed by atoms with E-state index in [4.69, 9.17) is 4.74 Å². The highest BCUT2D eigenvalue weighted by molar-refractivity contribution is 9.10. The van der Waals surface area contributed by atoms with Crippen LogP contribution in [0.1, 0.15) is 19.8 Å². The Kier molecular flexibility index (Phi) is 4.29. The molecule has 0 saturated carbocycles. The van der Waals surface area contributed by atoms with Gasteiger partial charge in [0.1, 0.15) is 5.82 Å². The van der Waals surface area contributed by atoms with Crippen molar-refractivity contribution in [2.24, 2.45) is 0 Å². The van der Waals surface area contributed by atoms with E-state index < -0.39 is 21.4 Å². The predicted octanol–water partition coefficient (Wildman–Crippen LogP) is 2.44. The quantitative estimate of drug-likeness (QED) is 0.909. The molecule has 1 aromatic carbocycles. The van der Waals surface area contributed by atoms with Crippen molar-refractivity contribution < 1.29 is 17.5 Å². The Hall–Kier alpha value is -0.500. The van der Waals surface area contributed by atoms with Crippen LogP contribution in [0.15, 0.2) is 27.6 Å². The molecule has 0 unspecified atom stereocenters. The Bertz CT molecular complexity index is 570. The lowest BCUT2D eigenvalue weighted by Gasteiger charge is -2.34. The molecule has 0 spiro atoms. The van der Waals surface area contributed by atoms with E-state index >= 15 is 0 Å². The summed E-state index contributed by atoms with van der Waals surface area (Å²) in [6, 6.07) is 3.77. The summed E-state index contributed by atoms with van der Waals surface area (Å²) in [7, 11) is -3.72. The summed E-state index contributed by atoms with van der Waals surface area (Å²) in [5.41, 5.74) is -0.541. The van der Waals surface area contributed by atoms with Crippen LogP contribution in [-0.2, 0) is 14.8 Å². The Morgan fingerprint density at radius 1 is 1.37 bits per heavy atom. The fourth-order valence-electron chi connectivity index (χ4n) is 1.95. The number of hydrogen-bond acceptors (Lipinski definition) is 3. The first-order valence-electron chi connectivity index (χ1n) is 5.89. The molecular weight excluding hydrogens is 337 g/mol. The molecule has 4 nitrogen and oxygen atoms in total. The molecule has 7 heteroatoms. The van der Waals surface area contributed by atoms with Gasteiger partial charge in [0.2, 0.25) is 10.0 Å². The molecule has 0 aromatic heterocycles. The Labute approximate surface area is 120 Å². The molecule has 0 radical (unpaired) electrons. The van der Waals surface area contributed by atoms with E-state index in [0.29, 0.717) is 26.1 Å². The van der Waals surface area contributed by atoms with Crippen LogP contribution in [0.25, 0.3) is 0 Å². The van der Waals surface area contributed by atoms with E-state index in [2.05, 4.69) is 20.7 Å². The Morgan fingerprint density at radius 2 is 2.00 bits per heavy atom. The third kappa shape index (κ3) is 3.53. The second kappa shape index (κ2) is 5.47. The second-order valence-corrected chi connectivity index (χ2v) is 7.39. The number of rotatable bonds is 3. The van der Waals surface area contributed by atoms with Crippen LogP contribution in [0.3, 0.4) is 0 Å². The first kappa shape index (κ1) is 14.9. The van der Waals surface area contributed by atoms with Crippen LogP contribution in [0.5, 0.6) is 0 Å². The smallest absolute Gasteiger partial charge is 0.241 e. The van der Waals surface area contributed by atoms with Gasteiger partial charge >= 0.3 is 0 Å². The maximum atomic E-state index is 13.4. The van der Waals surface area contributed by atoms with Crippen molar-refractivity contribution in [2.75, 3.05) is 13.2 Å². The second-order valence-electron chi connectivity index (χ2n) is 4.85. The number of halogens is 2. The van der Waals surface area contributed by atoms with Crippen molar-refractivity contribution in [3.05, 3.63) is 28.5 Å². The van der Waals surface area contributed by atoms with Crippen molar-refractivity contribution in [1.82, 2.24) is 4.72 Å². The van der Waals surface area contributed by atoms with Gasteiger partial charge < -0.3 is 4.74 Å². The average molecular weight is 352 g/mol. The molecule has 19 heavy (non-hydrogen) atoms. The van der Waals surface area contributed by atoms with Crippen LogP contribution >= 0.6 is 15.9 Å². The van der Waals surface area contributed by atoms with Crippen LogP contribution < -0.4 is 4.72 Å². The third-order valence-electron chi connectivity index (χ3n) is 3.18. The molecule has 0 amide bonds. The zero-order chi connectivity index (χ0) is 14.1. The SMILES string of the molecule is CC1(NS(=O)(=O)c2ccc(Br)c(F)c2)CCOCC1. The molecule has 0 bridgehead atoms. The highest BCUT2D eigenvalue weighted by Crippen LogP contribution is 2.24. The van der Waals surface area contributed by atoms with Gasteiger partial charge in [-0.15, -0.1) is 0 Å². The summed E-state index contributed by atoms with van der Waals surface area (Å²) in [5, 5.41) is 0. The number of sulfonamides is 1. The van der Waals surface area contributed by atoms with E-state index in [9.17, 15) is 12.8 Å². The minimum atomic E-state index is -3.72. The van der Waals surface area contributed by atoms with Gasteiger partial charge in [-0.2, -0.15) is 0 Å². The number of ether oxygens (including phenoxy) is 1. The van der Waals surface area contributed by atoms with E-state index in [1.807, 2.05) is 6.92 Å². The molecule has 1 aromatic rings. The van der Waals surface area contributed by atoms with Gasteiger partial charge in [-0.1, -0.05) is 0 Å². The van der Waals surface area contributed by atoms with Crippen molar-refractivity contribution in [3.8, 4) is 0 Å². The van der Waals surface area contributed by atoms with Crippen LogP contribution in [0.4, 0.5) is 4.39 Å². The molecule has 1 saturated heterocycles. The normalized spacial score (nSPS) is 19.3. The zero-order valence-electron chi connectivity index (χ0n) is 10.4. The van der Waals surface area contributed by atoms with Crippen LogP contribution in [-0.4, -0.2) is 27.2 Å². The monoisotopic (exact) mass is 351 g/mol. The first-order valence-corrected chi connectivity index (χ1v) is 8.17. The molecule has 0 atom stereocenters. The number of hydrogen-bond donors (Lipinski definition) is 1. The number of nitrogens with one attached hydrogen (secondary N) is 1. The summed E-state index contributed by atoms with van der Waals surface area (Å²) in [5.74, 6) is -0.597. The molecule has 1 fully saturated rings. The molecule has 1 aliphatic rings. The third-order valence-corrected chi connectivity index (χ3v) is 5.46. The van der Waals surface area contributed by atoms with Crippen LogP contribution in [0.2, 0.25) is 0 Å². The molecule has 1 N–H and O–H groups in total. The summed E-state index contributed by atoms with van der Waals surface area (Å²) in [6.45, 7) is 2.88. The molecule has 0 aliphatic carbocycles. The summed E-state index contributed by atoms with van der Waals surface area (Å²) >= 11 is 3.00. The Balaban J connectivity index is 2.24. The van der Waals surface area contributed by atoms with E-state index in [0.717, 1.165) is 6.07 Å². The van der Waals surface area contributed by atoms with E-state index in [1.165, 1.54) is 12.1 Å². The van der Waals surface area contributed by atoms with Crippen molar-refractivity contribution in [2.45, 2.75) is 30.2 Å². The van der Waals surface area contributed by atoms with E-state index in [1.54, 1.807) is 0 Å². The van der Waals surface area contributed by atoms with Crippen molar-refractivity contribution in [3.63, 3.8) is 0 Å². The maximum Gasteiger partial charge on any atom is 0.241 e. The lowest BCUT2D eigenvalue weighted by molar-refractivity contribution is 0.0537. The molecular formula is C12H15BrFNO3S. The first-order chi connectivity index (χ1) is 8.82. The standard InChI is InChI=1S/C12H15BrFNO3S/c1-12(4-6-18-7-5-12)15-19(16,17)9-2-3-10(13)11(14)8-9/h2-3,8,15H,4-7H2,1H3. The van der Waals surface area contributed by atoms with Gasteiger partial charge in [0.05, 0.1) is 9.37 Å². The molecule has 1 heterocycles. The van der Waals surface area contributed by atoms with Gasteiger partial charge in [0.15, 0.2) is 0 Å². The summed E-state index contributed by atoms with van der Waals surface area (Å²) in [6.07, 6.45) is 1.20. The van der Waals surface area contributed by atoms with Gasteiger partial charge in [0.25, 0.3) is 0 Å². The molecule has 2 rings (SSSR count). The van der Waals surface area contributed by atoms with Crippen molar-refractivity contribution in [1.29, 1.82) is 0 Å². The van der Waals surface area contributed by atoms with Gasteiger partial charge in [-0.25, -0.2) is 17.5 Å². The predicted molar refractivity (Wildman–Crippen MR) is 72.9 cm³/mol. The minimum Gasteiger partial charge on any atom is -0.381 e.